The van der Waals surface area contributed by atoms with E-state index in [2.05, 4.69) is 4.98 Å². The molecule has 1 heterocycles. The number of carbonyl (C=O) groups is 3. The summed E-state index contributed by atoms with van der Waals surface area (Å²) >= 11 is 1.04. The minimum absolute atomic E-state index is 0.0783. The van der Waals surface area contributed by atoms with Crippen LogP contribution >= 0.6 is 11.3 Å². The molecule has 1 amide bonds. The molecule has 0 fully saturated rings. The van der Waals surface area contributed by atoms with E-state index in [0.29, 0.717) is 15.7 Å². The largest absolute Gasteiger partial charge is 0.496 e. The fourth-order valence-corrected chi connectivity index (χ4v) is 4.22. The fourth-order valence-electron chi connectivity index (χ4n) is 3.24. The zero-order valence-electron chi connectivity index (χ0n) is 19.9. The lowest BCUT2D eigenvalue weighted by Gasteiger charge is -2.20. The number of aryl methyl sites for hydroxylation is 1. The van der Waals surface area contributed by atoms with Gasteiger partial charge in [0.05, 0.1) is 33.1 Å². The van der Waals surface area contributed by atoms with E-state index >= 15 is 0 Å². The van der Waals surface area contributed by atoms with Crippen LogP contribution in [0.4, 0.5) is 5.13 Å². The summed E-state index contributed by atoms with van der Waals surface area (Å²) in [6.07, 6.45) is 0. The van der Waals surface area contributed by atoms with Crippen molar-refractivity contribution in [3.8, 4) is 11.5 Å². The molecule has 0 N–H and O–H groups in total. The summed E-state index contributed by atoms with van der Waals surface area (Å²) in [6, 6.07) is 14.1. The standard InChI is InChI=1S/C25H26N2O7S/c1-5-33-24(30)22-16(2)26-25(35-22)27(14-17-10-7-6-8-11-17)20(28)15-34-23(29)21-18(31-3)12-9-13-19(21)32-4/h6-13H,5,14-15H2,1-4H3. The van der Waals surface area contributed by atoms with Gasteiger partial charge in [-0.25, -0.2) is 14.6 Å². The number of hydrogen-bond acceptors (Lipinski definition) is 9. The van der Waals surface area contributed by atoms with E-state index in [0.717, 1.165) is 16.9 Å². The van der Waals surface area contributed by atoms with Crippen molar-refractivity contribution in [1.29, 1.82) is 0 Å². The molecule has 1 aromatic heterocycles. The highest BCUT2D eigenvalue weighted by atomic mass is 32.1. The second-order valence-electron chi connectivity index (χ2n) is 7.21. The minimum atomic E-state index is -0.769. The molecule has 3 aromatic rings. The van der Waals surface area contributed by atoms with Gasteiger partial charge in [-0.15, -0.1) is 0 Å². The van der Waals surface area contributed by atoms with Crippen molar-refractivity contribution in [3.63, 3.8) is 0 Å². The number of carbonyl (C=O) groups excluding carboxylic acids is 3. The predicted octanol–water partition coefficient (Wildman–Crippen LogP) is 4.04. The van der Waals surface area contributed by atoms with E-state index in [9.17, 15) is 14.4 Å². The highest BCUT2D eigenvalue weighted by Gasteiger charge is 2.26. The predicted molar refractivity (Wildman–Crippen MR) is 130 cm³/mol. The lowest BCUT2D eigenvalue weighted by atomic mass is 10.2. The smallest absolute Gasteiger partial charge is 0.350 e. The average molecular weight is 499 g/mol. The Morgan fingerprint density at radius 3 is 2.17 bits per heavy atom. The first-order chi connectivity index (χ1) is 16.9. The Labute approximate surface area is 207 Å². The number of anilines is 1. The van der Waals surface area contributed by atoms with Gasteiger partial charge in [-0.2, -0.15) is 0 Å². The molecular formula is C25H26N2O7S. The topological polar surface area (TPSA) is 104 Å². The number of thiazole rings is 1. The van der Waals surface area contributed by atoms with E-state index < -0.39 is 24.5 Å². The van der Waals surface area contributed by atoms with Crippen LogP contribution < -0.4 is 14.4 Å². The van der Waals surface area contributed by atoms with Crippen LogP contribution in [-0.2, 0) is 20.8 Å². The van der Waals surface area contributed by atoms with Crippen LogP contribution in [0.5, 0.6) is 11.5 Å². The fraction of sp³-hybridized carbons (Fsp3) is 0.280. The molecule has 0 aliphatic rings. The number of benzene rings is 2. The summed E-state index contributed by atoms with van der Waals surface area (Å²) in [6.45, 7) is 3.22. The summed E-state index contributed by atoms with van der Waals surface area (Å²) < 4.78 is 20.9. The van der Waals surface area contributed by atoms with Gasteiger partial charge in [-0.1, -0.05) is 47.7 Å². The molecule has 0 aliphatic carbocycles. The van der Waals surface area contributed by atoms with Gasteiger partial charge in [-0.05, 0) is 31.5 Å². The number of aromatic nitrogens is 1. The Hall–Kier alpha value is -3.92. The van der Waals surface area contributed by atoms with Gasteiger partial charge in [0, 0.05) is 0 Å². The average Bonchev–Trinajstić information content (AvgIpc) is 3.27. The molecule has 0 radical (unpaired) electrons. The second-order valence-corrected chi connectivity index (χ2v) is 8.19. The van der Waals surface area contributed by atoms with Crippen LogP contribution in [-0.4, -0.2) is 50.3 Å². The molecule has 10 heteroatoms. The molecule has 35 heavy (non-hydrogen) atoms. The molecule has 2 aromatic carbocycles. The third kappa shape index (κ3) is 6.15. The van der Waals surface area contributed by atoms with Crippen LogP contribution in [0.3, 0.4) is 0 Å². The first-order valence-electron chi connectivity index (χ1n) is 10.8. The summed E-state index contributed by atoms with van der Waals surface area (Å²) in [7, 11) is 2.84. The van der Waals surface area contributed by atoms with Crippen LogP contribution in [0.2, 0.25) is 0 Å². The summed E-state index contributed by atoms with van der Waals surface area (Å²) in [5.74, 6) is -1.26. The first-order valence-corrected chi connectivity index (χ1v) is 11.6. The molecule has 0 bridgehead atoms. The SMILES string of the molecule is CCOC(=O)c1sc(N(Cc2ccccc2)C(=O)COC(=O)c2c(OC)cccc2OC)nc1C. The van der Waals surface area contributed by atoms with Crippen molar-refractivity contribution >= 4 is 34.3 Å². The van der Waals surface area contributed by atoms with Gasteiger partial charge >= 0.3 is 11.9 Å². The Balaban J connectivity index is 1.85. The quantitative estimate of drug-likeness (QED) is 0.386. The molecule has 0 spiro atoms. The zero-order valence-corrected chi connectivity index (χ0v) is 20.7. The second kappa shape index (κ2) is 12.0. The maximum Gasteiger partial charge on any atom is 0.350 e. The number of hydrogen-bond donors (Lipinski definition) is 0. The Bertz CT molecular complexity index is 1170. The summed E-state index contributed by atoms with van der Waals surface area (Å²) in [5, 5.41) is 0.297. The van der Waals surface area contributed by atoms with Crippen molar-refractivity contribution in [1.82, 2.24) is 4.98 Å². The maximum absolute atomic E-state index is 13.2. The Morgan fingerprint density at radius 1 is 0.914 bits per heavy atom. The van der Waals surface area contributed by atoms with Crippen LogP contribution in [0, 0.1) is 6.92 Å². The Morgan fingerprint density at radius 2 is 1.57 bits per heavy atom. The van der Waals surface area contributed by atoms with E-state index in [1.54, 1.807) is 32.0 Å². The van der Waals surface area contributed by atoms with Crippen molar-refractivity contribution in [2.45, 2.75) is 20.4 Å². The number of rotatable bonds is 10. The van der Waals surface area contributed by atoms with Gasteiger partial charge < -0.3 is 18.9 Å². The molecule has 9 nitrogen and oxygen atoms in total. The third-order valence-electron chi connectivity index (χ3n) is 4.92. The number of amides is 1. The summed E-state index contributed by atoms with van der Waals surface area (Å²) in [5.41, 5.74) is 1.36. The van der Waals surface area contributed by atoms with Crippen molar-refractivity contribution in [2.24, 2.45) is 0 Å². The molecule has 3 rings (SSSR count). The number of methoxy groups -OCH3 is 2. The van der Waals surface area contributed by atoms with Gasteiger partial charge in [0.25, 0.3) is 5.91 Å². The lowest BCUT2D eigenvalue weighted by molar-refractivity contribution is -0.121. The molecule has 0 saturated heterocycles. The van der Waals surface area contributed by atoms with E-state index in [-0.39, 0.29) is 30.2 Å². The maximum atomic E-state index is 13.2. The molecule has 0 atom stereocenters. The third-order valence-corrected chi connectivity index (χ3v) is 6.08. The summed E-state index contributed by atoms with van der Waals surface area (Å²) in [4.78, 5) is 44.4. The van der Waals surface area contributed by atoms with E-state index in [1.165, 1.54) is 19.1 Å². The zero-order chi connectivity index (χ0) is 25.4. The number of nitrogens with zero attached hydrogens (tertiary/aromatic N) is 2. The minimum Gasteiger partial charge on any atom is -0.496 e. The van der Waals surface area contributed by atoms with Gasteiger partial charge in [0.15, 0.2) is 11.7 Å². The molecule has 0 unspecified atom stereocenters. The monoisotopic (exact) mass is 498 g/mol. The van der Waals surface area contributed by atoms with Crippen LogP contribution in [0.15, 0.2) is 48.5 Å². The van der Waals surface area contributed by atoms with Gasteiger partial charge in [0.1, 0.15) is 21.9 Å². The van der Waals surface area contributed by atoms with Crippen LogP contribution in [0.1, 0.15) is 38.2 Å². The molecule has 0 saturated carbocycles. The van der Waals surface area contributed by atoms with Crippen molar-refractivity contribution < 1.29 is 33.3 Å². The molecular weight excluding hydrogens is 472 g/mol. The highest BCUT2D eigenvalue weighted by Crippen LogP contribution is 2.30. The van der Waals surface area contributed by atoms with Crippen molar-refractivity contribution in [3.05, 3.63) is 70.2 Å². The Kier molecular flexibility index (Phi) is 8.80. The normalized spacial score (nSPS) is 10.4. The van der Waals surface area contributed by atoms with Crippen LogP contribution in [0.25, 0.3) is 0 Å². The number of ether oxygens (including phenoxy) is 4. The number of esters is 2. The molecule has 0 aliphatic heterocycles. The van der Waals surface area contributed by atoms with Gasteiger partial charge in [-0.3, -0.25) is 9.69 Å². The highest BCUT2D eigenvalue weighted by molar-refractivity contribution is 7.17. The first kappa shape index (κ1) is 25.7. The lowest BCUT2D eigenvalue weighted by Crippen LogP contribution is -2.34. The van der Waals surface area contributed by atoms with E-state index in [4.69, 9.17) is 18.9 Å². The van der Waals surface area contributed by atoms with Gasteiger partial charge in [0.2, 0.25) is 0 Å². The van der Waals surface area contributed by atoms with Crippen molar-refractivity contribution in [2.75, 3.05) is 32.3 Å². The van der Waals surface area contributed by atoms with E-state index in [1.807, 2.05) is 30.3 Å². The molecule has 184 valence electrons.